The van der Waals surface area contributed by atoms with Gasteiger partial charge in [-0.2, -0.15) is 0 Å². The average molecular weight is 347 g/mol. The number of rotatable bonds is 1. The van der Waals surface area contributed by atoms with Crippen LogP contribution < -0.4 is 31.9 Å². The van der Waals surface area contributed by atoms with Crippen molar-refractivity contribution in [1.29, 1.82) is 0 Å². The molecule has 0 saturated carbocycles. The van der Waals surface area contributed by atoms with E-state index in [2.05, 4.69) is 0 Å². The largest absolute Gasteiger partial charge is 5.00 e. The molecule has 0 aliphatic heterocycles. The Hall–Kier alpha value is -1.67. The van der Waals surface area contributed by atoms with Gasteiger partial charge in [-0.25, -0.2) is 0 Å². The fourth-order valence-electron chi connectivity index (χ4n) is 0. The van der Waals surface area contributed by atoms with Gasteiger partial charge in [0.2, 0.25) is 0 Å². The first-order valence-corrected chi connectivity index (χ1v) is 4.78. The molecule has 0 bridgehead atoms. The zero-order chi connectivity index (χ0) is 17.7. The van der Waals surface area contributed by atoms with E-state index in [9.17, 15) is 0 Å². The molecule has 1 radical (unpaired) electrons. The Morgan fingerprint density at radius 2 is 0.810 bits per heavy atom. The molecule has 0 aromatic heterocycles. The van der Waals surface area contributed by atoms with Gasteiger partial charge in [-0.05, 0) is 27.7 Å². The van der Waals surface area contributed by atoms with Crippen molar-refractivity contribution < 1.29 is 57.0 Å². The van der Waals surface area contributed by atoms with Crippen LogP contribution in [0.3, 0.4) is 0 Å². The predicted octanol–water partition coefficient (Wildman–Crippen LogP) is -5.91. The van der Waals surface area contributed by atoms with Crippen LogP contribution in [0.2, 0.25) is 0 Å². The number of hydrogen-bond donors (Lipinski definition) is 2. The molecule has 0 aromatic carbocycles. The van der Waals surface area contributed by atoms with Gasteiger partial charge in [0, 0.05) is 23.9 Å². The molecular weight excluding hydrogens is 328 g/mol. The molecule has 0 amide bonds. The Labute approximate surface area is 133 Å². The van der Waals surface area contributed by atoms with Crippen LogP contribution in [0.4, 0.5) is 0 Å². The molecule has 0 saturated heterocycles. The summed E-state index contributed by atoms with van der Waals surface area (Å²) in [7, 11) is 0. The number of aliphatic carboxylic acids is 4. The van der Waals surface area contributed by atoms with E-state index in [0.717, 1.165) is 27.7 Å². The molecule has 0 aliphatic rings. The van der Waals surface area contributed by atoms with Crippen molar-refractivity contribution in [1.82, 2.24) is 0 Å². The number of carbonyl (C=O) groups excluding carboxylic acids is 4. The Morgan fingerprint density at radius 1 is 0.762 bits per heavy atom. The first kappa shape index (κ1) is 36.6. The van der Waals surface area contributed by atoms with E-state index in [1.165, 1.54) is 6.54 Å². The molecule has 0 fully saturated rings. The van der Waals surface area contributed by atoms with Gasteiger partial charge in [0.15, 0.2) is 0 Å². The Morgan fingerprint density at radius 3 is 0.810 bits per heavy atom. The van der Waals surface area contributed by atoms with Crippen LogP contribution in [-0.2, 0) is 36.5 Å². The van der Waals surface area contributed by atoms with Gasteiger partial charge in [0.25, 0.3) is 0 Å². The molecule has 0 heterocycles. The number of carboxylic acids is 4. The van der Waals surface area contributed by atoms with E-state index in [4.69, 9.17) is 51.1 Å². The van der Waals surface area contributed by atoms with Crippen molar-refractivity contribution in [2.75, 3.05) is 6.54 Å². The molecule has 123 valence electrons. The van der Waals surface area contributed by atoms with Gasteiger partial charge in [-0.1, -0.05) is 0 Å². The van der Waals surface area contributed by atoms with Gasteiger partial charge in [0.05, 0.1) is 0 Å². The molecule has 21 heavy (non-hydrogen) atoms. The summed E-state index contributed by atoms with van der Waals surface area (Å²) in [5.41, 5.74) is 9.62. The maximum atomic E-state index is 8.89. The summed E-state index contributed by atoms with van der Waals surface area (Å²) in [5.74, 6) is -4.33. The monoisotopic (exact) mass is 347 g/mol. The van der Waals surface area contributed by atoms with E-state index < -0.39 is 23.9 Å². The summed E-state index contributed by atoms with van der Waals surface area (Å²) in [6, 6.07) is 0. The molecule has 0 spiro atoms. The van der Waals surface area contributed by atoms with Crippen LogP contribution in [0.5, 0.6) is 0 Å². The second-order valence-electron chi connectivity index (χ2n) is 2.44. The van der Waals surface area contributed by atoms with Gasteiger partial charge in [0.1, 0.15) is 0 Å². The van der Waals surface area contributed by atoms with Crippen molar-refractivity contribution in [3.8, 4) is 0 Å². The molecule has 11 heteroatoms. The molecule has 10 nitrogen and oxygen atoms in total. The van der Waals surface area contributed by atoms with Crippen LogP contribution in [0.25, 0.3) is 0 Å². The quantitative estimate of drug-likeness (QED) is 0.428. The molecule has 4 N–H and O–H groups in total. The Balaban J connectivity index is -0.0000000331. The molecular formula is C10H19CrN2O8. The summed E-state index contributed by atoms with van der Waals surface area (Å²) >= 11 is 0. The smallest absolute Gasteiger partial charge is 0.550 e. The number of hydrogen-bond acceptors (Lipinski definition) is 10. The van der Waals surface area contributed by atoms with Crippen molar-refractivity contribution >= 4 is 23.9 Å². The van der Waals surface area contributed by atoms with Crippen LogP contribution in [0.1, 0.15) is 27.7 Å². The van der Waals surface area contributed by atoms with E-state index in [1.54, 1.807) is 0 Å². The SMILES string of the molecule is CC(=O)[O-].CC(=O)[O-].CC(=O)[O-].CC(=O)[O-].N[CH-]CN.[Cr+5]. The maximum Gasteiger partial charge on any atom is 5.00 e. The van der Waals surface area contributed by atoms with Gasteiger partial charge >= 0.3 is 17.4 Å². The molecule has 0 aromatic rings. The summed E-state index contributed by atoms with van der Waals surface area (Å²) in [4.78, 5) is 35.6. The second kappa shape index (κ2) is 36.2. The molecule has 0 unspecified atom stereocenters. The zero-order valence-corrected chi connectivity index (χ0v) is 13.4. The van der Waals surface area contributed by atoms with Crippen molar-refractivity contribution in [3.05, 3.63) is 6.54 Å². The summed E-state index contributed by atoms with van der Waals surface area (Å²) < 4.78 is 0. The first-order chi connectivity index (χ1) is 8.84. The summed E-state index contributed by atoms with van der Waals surface area (Å²) in [6.07, 6.45) is 0. The van der Waals surface area contributed by atoms with E-state index in [0.29, 0.717) is 6.54 Å². The third-order valence-corrected chi connectivity index (χ3v) is 0.136. The number of nitrogens with two attached hydrogens (primary N) is 2. The van der Waals surface area contributed by atoms with Crippen LogP contribution >= 0.6 is 0 Å². The average Bonchev–Trinajstić information content (AvgIpc) is 2.13. The molecule has 0 atom stereocenters. The predicted molar refractivity (Wildman–Crippen MR) is 60.3 cm³/mol. The minimum Gasteiger partial charge on any atom is -0.550 e. The Bertz CT molecular complexity index is 195. The third kappa shape index (κ3) is 11000. The fourth-order valence-corrected chi connectivity index (χ4v) is 0. The molecule has 0 rings (SSSR count). The van der Waals surface area contributed by atoms with Crippen molar-refractivity contribution in [2.24, 2.45) is 11.5 Å². The zero-order valence-electron chi connectivity index (χ0n) is 12.1. The van der Waals surface area contributed by atoms with E-state index >= 15 is 0 Å². The van der Waals surface area contributed by atoms with Gasteiger partial charge in [-0.15, -0.1) is 6.54 Å². The standard InChI is InChI=1S/C2H7N2.4C2H4O2.Cr/c3-1-2-4;4*1-2(3)4;/h1H,2-4H2;4*1H3,(H,3,4);/q-1;;;;;+5/p-4. The summed E-state index contributed by atoms with van der Waals surface area (Å²) in [5, 5.41) is 35.6. The van der Waals surface area contributed by atoms with E-state index in [-0.39, 0.29) is 17.4 Å². The van der Waals surface area contributed by atoms with Crippen LogP contribution in [0, 0.1) is 6.54 Å². The number of carbonyl (C=O) groups is 4. The topological polar surface area (TPSA) is 213 Å². The van der Waals surface area contributed by atoms with Gasteiger partial charge in [-0.3, -0.25) is 6.54 Å². The van der Waals surface area contributed by atoms with Crippen LogP contribution in [-0.4, -0.2) is 30.4 Å². The maximum absolute atomic E-state index is 8.89. The van der Waals surface area contributed by atoms with Gasteiger partial charge < -0.3 is 51.1 Å². The minimum absolute atomic E-state index is 0. The Kier molecular flexibility index (Phi) is 63.0. The van der Waals surface area contributed by atoms with Crippen LogP contribution in [0.15, 0.2) is 0 Å². The fraction of sp³-hybridized carbons (Fsp3) is 0.500. The minimum atomic E-state index is -1.08. The normalized spacial score (nSPS) is 6.19. The first-order valence-electron chi connectivity index (χ1n) is 4.78. The second-order valence-corrected chi connectivity index (χ2v) is 2.44. The summed E-state index contributed by atoms with van der Waals surface area (Å²) in [6.45, 7) is 5.76. The number of carboxylic acid groups (broad SMARTS) is 4. The molecule has 0 aliphatic carbocycles. The third-order valence-electron chi connectivity index (χ3n) is 0.136. The van der Waals surface area contributed by atoms with Crippen molar-refractivity contribution in [3.63, 3.8) is 0 Å². The van der Waals surface area contributed by atoms with E-state index in [1.807, 2.05) is 0 Å². The van der Waals surface area contributed by atoms with Crippen molar-refractivity contribution in [2.45, 2.75) is 27.7 Å².